The number of rotatable bonds is 5. The van der Waals surface area contributed by atoms with Crippen LogP contribution in [0, 0.1) is 11.6 Å². The van der Waals surface area contributed by atoms with Crippen LogP contribution in [0.4, 0.5) is 8.78 Å². The Morgan fingerprint density at radius 3 is 2.67 bits per heavy atom. The molecule has 21 heavy (non-hydrogen) atoms. The monoisotopic (exact) mass is 372 g/mol. The average Bonchev–Trinajstić information content (AvgIpc) is 2.47. The molecule has 0 aliphatic carbocycles. The van der Waals surface area contributed by atoms with Crippen LogP contribution in [0.5, 0.6) is 5.75 Å². The summed E-state index contributed by atoms with van der Waals surface area (Å²) in [5.74, 6) is -0.592. The summed E-state index contributed by atoms with van der Waals surface area (Å²) in [5.41, 5.74) is 0.479. The molecule has 0 aliphatic heterocycles. The lowest BCUT2D eigenvalue weighted by atomic mass is 10.1. The smallest absolute Gasteiger partial charge is 0.173 e. The van der Waals surface area contributed by atoms with Crippen molar-refractivity contribution in [3.8, 4) is 5.75 Å². The minimum Gasteiger partial charge on any atom is -0.496 e. The summed E-state index contributed by atoms with van der Waals surface area (Å²) in [7, 11) is 1.53. The maximum Gasteiger partial charge on any atom is 0.173 e. The number of halogens is 3. The number of ketones is 1. The number of hydrogen-bond donors (Lipinski definition) is 0. The minimum absolute atomic E-state index is 0.0269. The van der Waals surface area contributed by atoms with E-state index in [9.17, 15) is 13.6 Å². The Morgan fingerprint density at radius 1 is 1.24 bits per heavy atom. The highest BCUT2D eigenvalue weighted by molar-refractivity contribution is 9.10. The lowest BCUT2D eigenvalue weighted by Gasteiger charge is -2.06. The first-order valence-electron chi connectivity index (χ1n) is 5.96. The second-order valence-corrected chi connectivity index (χ2v) is 6.01. The topological polar surface area (TPSA) is 26.3 Å². The maximum absolute atomic E-state index is 13.5. The zero-order valence-corrected chi connectivity index (χ0v) is 13.4. The van der Waals surface area contributed by atoms with E-state index in [1.807, 2.05) is 0 Å². The number of carbonyl (C=O) groups is 1. The van der Waals surface area contributed by atoms with Crippen LogP contribution in [-0.4, -0.2) is 18.6 Å². The summed E-state index contributed by atoms with van der Waals surface area (Å²) in [5, 5.41) is 0. The molecule has 0 amide bonds. The minimum atomic E-state index is -0.537. The van der Waals surface area contributed by atoms with E-state index in [0.29, 0.717) is 15.8 Å². The van der Waals surface area contributed by atoms with E-state index in [2.05, 4.69) is 15.9 Å². The van der Waals surface area contributed by atoms with E-state index in [-0.39, 0.29) is 16.4 Å². The Hall–Kier alpha value is -1.40. The predicted molar refractivity (Wildman–Crippen MR) is 82.1 cm³/mol. The molecule has 0 saturated heterocycles. The first-order valence-corrected chi connectivity index (χ1v) is 7.73. The molecule has 0 N–H and O–H groups in total. The molecule has 0 aliphatic rings. The van der Waals surface area contributed by atoms with Crippen molar-refractivity contribution < 1.29 is 18.3 Å². The molecule has 2 aromatic rings. The fourth-order valence-electron chi connectivity index (χ4n) is 1.65. The van der Waals surface area contributed by atoms with Crippen molar-refractivity contribution in [1.29, 1.82) is 0 Å². The molecule has 2 nitrogen and oxygen atoms in total. The Balaban J connectivity index is 2.08. The van der Waals surface area contributed by atoms with Gasteiger partial charge in [-0.15, -0.1) is 11.8 Å². The predicted octanol–water partition coefficient (Wildman–Crippen LogP) is 4.71. The van der Waals surface area contributed by atoms with Gasteiger partial charge < -0.3 is 4.74 Å². The van der Waals surface area contributed by atoms with Gasteiger partial charge in [0, 0.05) is 10.5 Å². The lowest BCUT2D eigenvalue weighted by Crippen LogP contribution is -2.03. The number of thioether (sulfide) groups is 1. The van der Waals surface area contributed by atoms with Crippen LogP contribution in [0.25, 0.3) is 0 Å². The number of ether oxygens (including phenoxy) is 1. The van der Waals surface area contributed by atoms with Crippen molar-refractivity contribution in [1.82, 2.24) is 0 Å². The summed E-state index contributed by atoms with van der Waals surface area (Å²) < 4.78 is 32.3. The van der Waals surface area contributed by atoms with Crippen LogP contribution in [0.3, 0.4) is 0 Å². The standard InChI is InChI=1S/C15H11BrF2O2S/c1-20-14-5-2-9(6-11(14)16)13(19)8-21-15-7-10(17)3-4-12(15)18/h2-7H,8H2,1H3. The largest absolute Gasteiger partial charge is 0.496 e. The quantitative estimate of drug-likeness (QED) is 0.561. The molecule has 0 unspecified atom stereocenters. The lowest BCUT2D eigenvalue weighted by molar-refractivity contribution is 0.102. The molecule has 0 heterocycles. The molecule has 0 aromatic heterocycles. The Bertz CT molecular complexity index is 677. The number of hydrogen-bond acceptors (Lipinski definition) is 3. The molecule has 0 fully saturated rings. The summed E-state index contributed by atoms with van der Waals surface area (Å²) in [6, 6.07) is 8.12. The number of carbonyl (C=O) groups excluding carboxylic acids is 1. The van der Waals surface area contributed by atoms with E-state index in [4.69, 9.17) is 4.74 Å². The van der Waals surface area contributed by atoms with Crippen molar-refractivity contribution in [3.63, 3.8) is 0 Å². The van der Waals surface area contributed by atoms with E-state index in [1.54, 1.807) is 18.2 Å². The molecule has 2 aromatic carbocycles. The molecule has 0 saturated carbocycles. The first-order chi connectivity index (χ1) is 10.0. The van der Waals surface area contributed by atoms with Crippen LogP contribution in [-0.2, 0) is 0 Å². The summed E-state index contributed by atoms with van der Waals surface area (Å²) >= 11 is 4.27. The van der Waals surface area contributed by atoms with Gasteiger partial charge in [-0.3, -0.25) is 4.79 Å². The Kier molecular flexibility index (Phi) is 5.36. The highest BCUT2D eigenvalue weighted by Crippen LogP contribution is 2.27. The average molecular weight is 373 g/mol. The van der Waals surface area contributed by atoms with Crippen LogP contribution >= 0.6 is 27.7 Å². The number of benzene rings is 2. The molecule has 0 radical (unpaired) electrons. The number of methoxy groups -OCH3 is 1. The van der Waals surface area contributed by atoms with Crippen molar-refractivity contribution >= 4 is 33.5 Å². The second-order valence-electron chi connectivity index (χ2n) is 4.14. The zero-order valence-electron chi connectivity index (χ0n) is 11.0. The summed E-state index contributed by atoms with van der Waals surface area (Å²) in [6.07, 6.45) is 0. The van der Waals surface area contributed by atoms with Crippen molar-refractivity contribution in [2.45, 2.75) is 4.90 Å². The van der Waals surface area contributed by atoms with Crippen LogP contribution in [0.2, 0.25) is 0 Å². The van der Waals surface area contributed by atoms with Gasteiger partial charge in [0.15, 0.2) is 5.78 Å². The molecule has 0 spiro atoms. The van der Waals surface area contributed by atoms with Crippen LogP contribution in [0.1, 0.15) is 10.4 Å². The summed E-state index contributed by atoms with van der Waals surface area (Å²) in [6.45, 7) is 0. The zero-order chi connectivity index (χ0) is 15.4. The molecular formula is C15H11BrF2O2S. The van der Waals surface area contributed by atoms with E-state index in [0.717, 1.165) is 30.0 Å². The van der Waals surface area contributed by atoms with Gasteiger partial charge in [0.1, 0.15) is 17.4 Å². The highest BCUT2D eigenvalue weighted by Gasteiger charge is 2.12. The van der Waals surface area contributed by atoms with Crippen molar-refractivity contribution in [2.75, 3.05) is 12.9 Å². The Morgan fingerprint density at radius 2 is 2.00 bits per heavy atom. The van der Waals surface area contributed by atoms with Gasteiger partial charge in [0.05, 0.1) is 17.3 Å². The van der Waals surface area contributed by atoms with Gasteiger partial charge in [0.2, 0.25) is 0 Å². The summed E-state index contributed by atoms with van der Waals surface area (Å²) in [4.78, 5) is 12.2. The third-order valence-electron chi connectivity index (χ3n) is 2.73. The Labute approximate surface area is 133 Å². The van der Waals surface area contributed by atoms with Gasteiger partial charge in [-0.25, -0.2) is 8.78 Å². The van der Waals surface area contributed by atoms with Gasteiger partial charge in [-0.1, -0.05) is 0 Å². The van der Waals surface area contributed by atoms with Gasteiger partial charge in [-0.2, -0.15) is 0 Å². The third-order valence-corrected chi connectivity index (χ3v) is 4.38. The van der Waals surface area contributed by atoms with E-state index < -0.39 is 11.6 Å². The molecule has 0 bridgehead atoms. The molecular weight excluding hydrogens is 362 g/mol. The number of Topliss-reactive ketones (excluding diaryl/α,β-unsaturated/α-hetero) is 1. The van der Waals surface area contributed by atoms with Gasteiger partial charge in [-0.05, 0) is 52.3 Å². The maximum atomic E-state index is 13.5. The van der Waals surface area contributed by atoms with Gasteiger partial charge >= 0.3 is 0 Å². The second kappa shape index (κ2) is 7.04. The third kappa shape index (κ3) is 4.04. The SMILES string of the molecule is COc1ccc(C(=O)CSc2cc(F)ccc2F)cc1Br. The van der Waals surface area contributed by atoms with E-state index >= 15 is 0 Å². The first kappa shape index (κ1) is 16.0. The molecule has 2 rings (SSSR count). The molecule has 0 atom stereocenters. The van der Waals surface area contributed by atoms with E-state index in [1.165, 1.54) is 7.11 Å². The highest BCUT2D eigenvalue weighted by atomic mass is 79.9. The normalized spacial score (nSPS) is 10.5. The fourth-order valence-corrected chi connectivity index (χ4v) is 3.05. The van der Waals surface area contributed by atoms with Crippen molar-refractivity contribution in [2.24, 2.45) is 0 Å². The molecule has 6 heteroatoms. The van der Waals surface area contributed by atoms with Crippen LogP contribution in [0.15, 0.2) is 45.8 Å². The fraction of sp³-hybridized carbons (Fsp3) is 0.133. The van der Waals surface area contributed by atoms with Crippen molar-refractivity contribution in [3.05, 3.63) is 58.1 Å². The van der Waals surface area contributed by atoms with Gasteiger partial charge in [0.25, 0.3) is 0 Å². The van der Waals surface area contributed by atoms with Crippen LogP contribution < -0.4 is 4.74 Å². The molecule has 110 valence electrons.